The Kier molecular flexibility index (Phi) is 4.59. The average Bonchev–Trinajstić information content (AvgIpc) is 3.10. The lowest BCUT2D eigenvalue weighted by molar-refractivity contribution is -0.143. The SMILES string of the molecule is Cc1nonc1CNC(=O)C1CN(C(=O)CCn2nccc2C)C1. The minimum absolute atomic E-state index is 0.0468. The molecule has 0 unspecified atom stereocenters. The van der Waals surface area contributed by atoms with Crippen molar-refractivity contribution in [1.82, 2.24) is 30.3 Å². The topological polar surface area (TPSA) is 106 Å². The summed E-state index contributed by atoms with van der Waals surface area (Å²) in [5.74, 6) is -0.199. The minimum Gasteiger partial charge on any atom is -0.350 e. The van der Waals surface area contributed by atoms with Crippen LogP contribution in [-0.2, 0) is 22.7 Å². The van der Waals surface area contributed by atoms with E-state index in [2.05, 4.69) is 25.4 Å². The molecular weight excluding hydrogens is 312 g/mol. The molecule has 0 spiro atoms. The summed E-state index contributed by atoms with van der Waals surface area (Å²) in [5.41, 5.74) is 2.31. The number of nitrogens with one attached hydrogen (secondary N) is 1. The van der Waals surface area contributed by atoms with E-state index in [4.69, 9.17) is 0 Å². The highest BCUT2D eigenvalue weighted by molar-refractivity contribution is 5.84. The quantitative estimate of drug-likeness (QED) is 0.801. The first-order chi connectivity index (χ1) is 11.5. The van der Waals surface area contributed by atoms with Gasteiger partial charge >= 0.3 is 0 Å². The molecule has 9 nitrogen and oxygen atoms in total. The Morgan fingerprint density at radius 3 is 2.75 bits per heavy atom. The molecule has 1 saturated heterocycles. The lowest BCUT2D eigenvalue weighted by Gasteiger charge is -2.38. The third kappa shape index (κ3) is 3.44. The van der Waals surface area contributed by atoms with E-state index in [1.54, 1.807) is 22.7 Å². The average molecular weight is 332 g/mol. The molecule has 1 fully saturated rings. The van der Waals surface area contributed by atoms with Gasteiger partial charge in [0.25, 0.3) is 0 Å². The van der Waals surface area contributed by atoms with Crippen LogP contribution in [0.5, 0.6) is 0 Å². The second-order valence-electron chi connectivity index (χ2n) is 5.96. The summed E-state index contributed by atoms with van der Waals surface area (Å²) in [6, 6.07) is 1.90. The first kappa shape index (κ1) is 16.2. The molecule has 9 heteroatoms. The first-order valence-corrected chi connectivity index (χ1v) is 7.86. The predicted molar refractivity (Wildman–Crippen MR) is 82.5 cm³/mol. The molecule has 2 aromatic rings. The van der Waals surface area contributed by atoms with E-state index in [0.717, 1.165) is 5.69 Å². The second kappa shape index (κ2) is 6.81. The van der Waals surface area contributed by atoms with Crippen LogP contribution in [-0.4, -0.2) is 49.9 Å². The molecule has 2 aromatic heterocycles. The van der Waals surface area contributed by atoms with Crippen LogP contribution < -0.4 is 5.32 Å². The summed E-state index contributed by atoms with van der Waals surface area (Å²) in [5, 5.41) is 14.3. The summed E-state index contributed by atoms with van der Waals surface area (Å²) in [6.45, 7) is 5.48. The highest BCUT2D eigenvalue weighted by Gasteiger charge is 2.35. The van der Waals surface area contributed by atoms with Gasteiger partial charge in [0.15, 0.2) is 0 Å². The van der Waals surface area contributed by atoms with Gasteiger partial charge in [0, 0.05) is 37.9 Å². The fourth-order valence-corrected chi connectivity index (χ4v) is 2.57. The van der Waals surface area contributed by atoms with Gasteiger partial charge in [-0.25, -0.2) is 4.63 Å². The zero-order valence-electron chi connectivity index (χ0n) is 13.7. The smallest absolute Gasteiger partial charge is 0.227 e. The molecule has 0 radical (unpaired) electrons. The molecule has 0 aliphatic carbocycles. The zero-order valence-corrected chi connectivity index (χ0v) is 13.7. The number of aromatic nitrogens is 4. The van der Waals surface area contributed by atoms with Crippen LogP contribution in [0, 0.1) is 19.8 Å². The highest BCUT2D eigenvalue weighted by Crippen LogP contribution is 2.17. The summed E-state index contributed by atoms with van der Waals surface area (Å²) in [6.07, 6.45) is 2.11. The Morgan fingerprint density at radius 1 is 1.33 bits per heavy atom. The number of likely N-dealkylation sites (tertiary alicyclic amines) is 1. The number of hydrogen-bond acceptors (Lipinski definition) is 6. The largest absolute Gasteiger partial charge is 0.350 e. The second-order valence-corrected chi connectivity index (χ2v) is 5.96. The van der Waals surface area contributed by atoms with E-state index in [1.807, 2.05) is 13.0 Å². The Bertz CT molecular complexity index is 671. The molecule has 1 N–H and O–H groups in total. The number of amides is 2. The van der Waals surface area contributed by atoms with Crippen molar-refractivity contribution in [3.63, 3.8) is 0 Å². The molecule has 24 heavy (non-hydrogen) atoms. The van der Waals surface area contributed by atoms with E-state index >= 15 is 0 Å². The van der Waals surface area contributed by atoms with Gasteiger partial charge < -0.3 is 10.2 Å². The molecule has 3 heterocycles. The highest BCUT2D eigenvalue weighted by atomic mass is 16.6. The summed E-state index contributed by atoms with van der Waals surface area (Å²) < 4.78 is 6.38. The molecule has 1 aliphatic heterocycles. The Balaban J connectivity index is 1.38. The zero-order chi connectivity index (χ0) is 17.1. The van der Waals surface area contributed by atoms with Gasteiger partial charge in [-0.05, 0) is 19.9 Å². The van der Waals surface area contributed by atoms with Crippen molar-refractivity contribution in [2.24, 2.45) is 5.92 Å². The maximum atomic E-state index is 12.1. The predicted octanol–water partition coefficient (Wildman–Crippen LogP) is 0.0478. The monoisotopic (exact) mass is 332 g/mol. The van der Waals surface area contributed by atoms with Crippen LogP contribution in [0.4, 0.5) is 0 Å². The van der Waals surface area contributed by atoms with E-state index in [0.29, 0.717) is 37.4 Å². The van der Waals surface area contributed by atoms with Crippen molar-refractivity contribution < 1.29 is 14.2 Å². The third-order valence-electron chi connectivity index (χ3n) is 4.25. The van der Waals surface area contributed by atoms with Crippen LogP contribution in [0.3, 0.4) is 0 Å². The molecular formula is C15H20N6O3. The van der Waals surface area contributed by atoms with Gasteiger partial charge in [-0.15, -0.1) is 0 Å². The van der Waals surface area contributed by atoms with Crippen molar-refractivity contribution in [2.75, 3.05) is 13.1 Å². The third-order valence-corrected chi connectivity index (χ3v) is 4.25. The van der Waals surface area contributed by atoms with Crippen LogP contribution in [0.1, 0.15) is 23.5 Å². The molecule has 0 atom stereocenters. The molecule has 3 rings (SSSR count). The first-order valence-electron chi connectivity index (χ1n) is 7.86. The van der Waals surface area contributed by atoms with Gasteiger partial charge in [0.1, 0.15) is 11.4 Å². The Hall–Kier alpha value is -2.71. The van der Waals surface area contributed by atoms with Crippen molar-refractivity contribution in [1.29, 1.82) is 0 Å². The van der Waals surface area contributed by atoms with Crippen LogP contribution >= 0.6 is 0 Å². The van der Waals surface area contributed by atoms with E-state index in [1.165, 1.54) is 0 Å². The van der Waals surface area contributed by atoms with Crippen LogP contribution in [0.15, 0.2) is 16.9 Å². The van der Waals surface area contributed by atoms with Crippen molar-refractivity contribution in [3.8, 4) is 0 Å². The van der Waals surface area contributed by atoms with Crippen molar-refractivity contribution in [2.45, 2.75) is 33.4 Å². The molecule has 128 valence electrons. The molecule has 1 aliphatic rings. The maximum Gasteiger partial charge on any atom is 0.227 e. The van der Waals surface area contributed by atoms with E-state index in [-0.39, 0.29) is 24.3 Å². The summed E-state index contributed by atoms with van der Waals surface area (Å²) >= 11 is 0. The van der Waals surface area contributed by atoms with Crippen molar-refractivity contribution in [3.05, 3.63) is 29.3 Å². The normalized spacial score (nSPS) is 14.5. The van der Waals surface area contributed by atoms with E-state index in [9.17, 15) is 9.59 Å². The number of rotatable bonds is 6. The number of aryl methyl sites for hydroxylation is 3. The standard InChI is InChI=1S/C15H20N6O3/c1-10-3-5-17-21(10)6-4-14(22)20-8-12(9-20)15(23)16-7-13-11(2)18-24-19-13/h3,5,12H,4,6-9H2,1-2H3,(H,16,23). The lowest BCUT2D eigenvalue weighted by atomic mass is 9.98. The number of hydrogen-bond donors (Lipinski definition) is 1. The van der Waals surface area contributed by atoms with E-state index < -0.39 is 0 Å². The Labute approximate surface area is 139 Å². The molecule has 2 amide bonds. The summed E-state index contributed by atoms with van der Waals surface area (Å²) in [7, 11) is 0. The maximum absolute atomic E-state index is 12.1. The molecule has 0 aromatic carbocycles. The number of carbonyl (C=O) groups is 2. The van der Waals surface area contributed by atoms with Gasteiger partial charge in [0.2, 0.25) is 11.8 Å². The van der Waals surface area contributed by atoms with Gasteiger partial charge in [-0.2, -0.15) is 5.10 Å². The minimum atomic E-state index is -0.166. The number of carbonyl (C=O) groups excluding carboxylic acids is 2. The van der Waals surface area contributed by atoms with Gasteiger partial charge in [0.05, 0.1) is 12.5 Å². The summed E-state index contributed by atoms with van der Waals surface area (Å²) in [4.78, 5) is 25.9. The lowest BCUT2D eigenvalue weighted by Crippen LogP contribution is -2.55. The fraction of sp³-hybridized carbons (Fsp3) is 0.533. The number of nitrogens with zero attached hydrogens (tertiary/aromatic N) is 5. The Morgan fingerprint density at radius 2 is 2.12 bits per heavy atom. The molecule has 0 bridgehead atoms. The fourth-order valence-electron chi connectivity index (χ4n) is 2.57. The molecule has 0 saturated carbocycles. The van der Waals surface area contributed by atoms with Crippen molar-refractivity contribution >= 4 is 11.8 Å². The van der Waals surface area contributed by atoms with Gasteiger partial charge in [-0.1, -0.05) is 10.3 Å². The van der Waals surface area contributed by atoms with Crippen LogP contribution in [0.2, 0.25) is 0 Å². The van der Waals surface area contributed by atoms with Crippen LogP contribution in [0.25, 0.3) is 0 Å². The van der Waals surface area contributed by atoms with Gasteiger partial charge in [-0.3, -0.25) is 14.3 Å².